The van der Waals surface area contributed by atoms with Crippen molar-refractivity contribution >= 4 is 23.8 Å². The van der Waals surface area contributed by atoms with Gasteiger partial charge in [-0.25, -0.2) is 0 Å². The molecule has 0 fully saturated rings. The van der Waals surface area contributed by atoms with Gasteiger partial charge in [-0.2, -0.15) is 0 Å². The SMILES string of the molecule is CCCCCCCCC(=O)COP(=O)(c1ccccc1)c1ccccc1. The zero-order valence-electron chi connectivity index (χ0n) is 15.6. The van der Waals surface area contributed by atoms with E-state index in [2.05, 4.69) is 6.92 Å². The van der Waals surface area contributed by atoms with Crippen LogP contribution in [0, 0.1) is 0 Å². The second-order valence-corrected chi connectivity index (χ2v) is 8.95. The number of unbranched alkanes of at least 4 members (excludes halogenated alkanes) is 5. The molecule has 0 amide bonds. The van der Waals surface area contributed by atoms with E-state index in [0.717, 1.165) is 12.8 Å². The van der Waals surface area contributed by atoms with Gasteiger partial charge in [0.1, 0.15) is 6.61 Å². The first-order valence-electron chi connectivity index (χ1n) is 9.54. The molecule has 2 aromatic carbocycles. The molecule has 4 heteroatoms. The van der Waals surface area contributed by atoms with Crippen molar-refractivity contribution in [3.8, 4) is 0 Å². The minimum absolute atomic E-state index is 0.0209. The number of hydrogen-bond donors (Lipinski definition) is 0. The average Bonchev–Trinajstić information content (AvgIpc) is 2.70. The summed E-state index contributed by atoms with van der Waals surface area (Å²) in [5.74, 6) is 0.0209. The maximum atomic E-state index is 13.6. The van der Waals surface area contributed by atoms with Gasteiger partial charge in [0.05, 0.1) is 0 Å². The third kappa shape index (κ3) is 6.23. The zero-order valence-corrected chi connectivity index (χ0v) is 16.5. The molecule has 0 spiro atoms. The Kier molecular flexibility index (Phi) is 8.80. The van der Waals surface area contributed by atoms with Gasteiger partial charge in [-0.1, -0.05) is 75.4 Å². The first kappa shape index (κ1) is 20.6. The molecule has 0 saturated heterocycles. The molecule has 2 rings (SSSR count). The lowest BCUT2D eigenvalue weighted by molar-refractivity contribution is -0.121. The highest BCUT2D eigenvalue weighted by molar-refractivity contribution is 7.74. The van der Waals surface area contributed by atoms with Gasteiger partial charge in [0, 0.05) is 17.0 Å². The van der Waals surface area contributed by atoms with Gasteiger partial charge in [0.2, 0.25) is 0 Å². The molecule has 0 aliphatic rings. The molecule has 0 bridgehead atoms. The Morgan fingerprint density at radius 3 is 1.85 bits per heavy atom. The number of carbonyl (C=O) groups is 1. The molecule has 0 radical (unpaired) electrons. The molecule has 140 valence electrons. The molecule has 3 nitrogen and oxygen atoms in total. The Balaban J connectivity index is 1.94. The number of carbonyl (C=O) groups excluding carboxylic acids is 1. The molecule has 0 saturated carbocycles. The van der Waals surface area contributed by atoms with Crippen LogP contribution in [-0.2, 0) is 13.9 Å². The topological polar surface area (TPSA) is 43.4 Å². The van der Waals surface area contributed by atoms with Crippen LogP contribution in [0.25, 0.3) is 0 Å². The Bertz CT molecular complexity index is 654. The lowest BCUT2D eigenvalue weighted by Crippen LogP contribution is -2.20. The lowest BCUT2D eigenvalue weighted by atomic mass is 10.1. The van der Waals surface area contributed by atoms with E-state index in [4.69, 9.17) is 4.52 Å². The van der Waals surface area contributed by atoms with Crippen molar-refractivity contribution in [2.75, 3.05) is 6.61 Å². The van der Waals surface area contributed by atoms with Gasteiger partial charge in [-0.15, -0.1) is 0 Å². The molecule has 2 aromatic rings. The van der Waals surface area contributed by atoms with Crippen LogP contribution in [0.1, 0.15) is 51.9 Å². The number of hydrogen-bond acceptors (Lipinski definition) is 3. The van der Waals surface area contributed by atoms with Crippen molar-refractivity contribution in [3.05, 3.63) is 60.7 Å². The number of benzene rings is 2. The van der Waals surface area contributed by atoms with Crippen molar-refractivity contribution in [1.82, 2.24) is 0 Å². The summed E-state index contributed by atoms with van der Waals surface area (Å²) in [5.41, 5.74) is 0. The monoisotopic (exact) mass is 372 g/mol. The normalized spacial score (nSPS) is 11.4. The van der Waals surface area contributed by atoms with Crippen molar-refractivity contribution < 1.29 is 13.9 Å². The molecular weight excluding hydrogens is 343 g/mol. The minimum Gasteiger partial charge on any atom is -0.314 e. The second kappa shape index (κ2) is 11.1. The van der Waals surface area contributed by atoms with E-state index >= 15 is 0 Å². The summed E-state index contributed by atoms with van der Waals surface area (Å²) in [6.07, 6.45) is 7.34. The molecule has 0 heterocycles. The predicted octanol–water partition coefficient (Wildman–Crippen LogP) is 5.25. The first-order chi connectivity index (χ1) is 12.7. The fraction of sp³-hybridized carbons (Fsp3) is 0.409. The molecular formula is C22H29O3P. The third-order valence-electron chi connectivity index (χ3n) is 4.41. The average molecular weight is 372 g/mol. The molecule has 26 heavy (non-hydrogen) atoms. The van der Waals surface area contributed by atoms with Crippen LogP contribution >= 0.6 is 7.37 Å². The van der Waals surface area contributed by atoms with Crippen LogP contribution in [0.4, 0.5) is 0 Å². The predicted molar refractivity (Wildman–Crippen MR) is 109 cm³/mol. The minimum atomic E-state index is -3.25. The van der Waals surface area contributed by atoms with Crippen LogP contribution in [0.2, 0.25) is 0 Å². The summed E-state index contributed by atoms with van der Waals surface area (Å²) in [7, 11) is -3.25. The summed E-state index contributed by atoms with van der Waals surface area (Å²) >= 11 is 0. The van der Waals surface area contributed by atoms with Crippen molar-refractivity contribution in [2.24, 2.45) is 0 Å². The fourth-order valence-corrected chi connectivity index (χ4v) is 4.94. The summed E-state index contributed by atoms with van der Waals surface area (Å²) in [6.45, 7) is 2.09. The Morgan fingerprint density at radius 1 is 0.808 bits per heavy atom. The highest BCUT2D eigenvalue weighted by atomic mass is 31.2. The van der Waals surface area contributed by atoms with Crippen LogP contribution in [0.15, 0.2) is 60.7 Å². The van der Waals surface area contributed by atoms with Gasteiger partial charge in [-0.3, -0.25) is 9.36 Å². The van der Waals surface area contributed by atoms with E-state index in [1.807, 2.05) is 36.4 Å². The van der Waals surface area contributed by atoms with Crippen LogP contribution in [0.5, 0.6) is 0 Å². The summed E-state index contributed by atoms with van der Waals surface area (Å²) in [5, 5.41) is 1.25. The summed E-state index contributed by atoms with van der Waals surface area (Å²) < 4.78 is 19.4. The maximum Gasteiger partial charge on any atom is 0.261 e. The van der Waals surface area contributed by atoms with Gasteiger partial charge < -0.3 is 4.52 Å². The first-order valence-corrected chi connectivity index (χ1v) is 11.2. The van der Waals surface area contributed by atoms with Crippen molar-refractivity contribution in [2.45, 2.75) is 51.9 Å². The largest absolute Gasteiger partial charge is 0.314 e. The highest BCUT2D eigenvalue weighted by Gasteiger charge is 2.29. The lowest BCUT2D eigenvalue weighted by Gasteiger charge is -2.19. The van der Waals surface area contributed by atoms with Crippen LogP contribution in [0.3, 0.4) is 0 Å². The van der Waals surface area contributed by atoms with Gasteiger partial charge in [-0.05, 0) is 30.7 Å². The molecule has 0 aliphatic heterocycles. The van der Waals surface area contributed by atoms with Crippen molar-refractivity contribution in [1.29, 1.82) is 0 Å². The number of ketones is 1. The van der Waals surface area contributed by atoms with Crippen LogP contribution in [-0.4, -0.2) is 12.4 Å². The van der Waals surface area contributed by atoms with E-state index in [0.29, 0.717) is 17.0 Å². The standard InChI is InChI=1S/C22H29O3P/c1-2-3-4-5-6-9-14-20(23)19-25-26(24,21-15-10-7-11-16-21)22-17-12-8-13-18-22/h7-8,10-13,15-18H,2-6,9,14,19H2,1H3. The van der Waals surface area contributed by atoms with Crippen LogP contribution < -0.4 is 10.6 Å². The quantitative estimate of drug-likeness (QED) is 0.377. The zero-order chi connectivity index (χ0) is 18.7. The van der Waals surface area contributed by atoms with E-state index in [1.165, 1.54) is 25.7 Å². The van der Waals surface area contributed by atoms with Gasteiger partial charge in [0.15, 0.2) is 5.78 Å². The van der Waals surface area contributed by atoms with E-state index in [-0.39, 0.29) is 12.4 Å². The Morgan fingerprint density at radius 2 is 1.31 bits per heavy atom. The second-order valence-electron chi connectivity index (χ2n) is 6.55. The fourth-order valence-electron chi connectivity index (χ4n) is 2.88. The summed E-state index contributed by atoms with van der Waals surface area (Å²) in [6, 6.07) is 18.3. The molecule has 0 unspecified atom stereocenters. The van der Waals surface area contributed by atoms with Gasteiger partial charge in [0.25, 0.3) is 7.37 Å². The highest BCUT2D eigenvalue weighted by Crippen LogP contribution is 2.44. The van der Waals surface area contributed by atoms with E-state index in [9.17, 15) is 9.36 Å². The molecule has 0 aliphatic carbocycles. The van der Waals surface area contributed by atoms with E-state index < -0.39 is 7.37 Å². The Labute approximate surface area is 157 Å². The van der Waals surface area contributed by atoms with Gasteiger partial charge >= 0.3 is 0 Å². The molecule has 0 atom stereocenters. The maximum absolute atomic E-state index is 13.6. The Hall–Kier alpha value is -1.70. The molecule has 0 N–H and O–H groups in total. The third-order valence-corrected chi connectivity index (χ3v) is 6.86. The van der Waals surface area contributed by atoms with Crippen molar-refractivity contribution in [3.63, 3.8) is 0 Å². The summed E-state index contributed by atoms with van der Waals surface area (Å²) in [4.78, 5) is 12.2. The van der Waals surface area contributed by atoms with E-state index in [1.54, 1.807) is 24.3 Å². The number of rotatable bonds is 12. The number of Topliss-reactive ketones (excluding diaryl/α,β-unsaturated/α-hetero) is 1. The molecule has 0 aromatic heterocycles. The smallest absolute Gasteiger partial charge is 0.261 e.